The molecule has 4 aromatic carbocycles. The number of aliphatic hydroxyl groups excluding tert-OH is 5. The predicted molar refractivity (Wildman–Crippen MR) is 514 cm³/mol. The monoisotopic (exact) mass is 1960 g/mol. The Balaban J connectivity index is 0.000000280. The van der Waals surface area contributed by atoms with Crippen LogP contribution in [0, 0.1) is 107 Å². The first-order valence-corrected chi connectivity index (χ1v) is 48.8. The maximum Gasteiger partial charge on any atom is 0.338 e. The molecule has 0 radical (unpaired) electrons. The Hall–Kier alpha value is -5.98. The SMILES string of the molecule is C=C1OC(COCOC)[C@@H](C)[C@H](C)C1C.COC(=O)C1O[C@@H](Cc2ccc(CBr)cc2)C(C)[C@@H](C)[C@@H]1C.COCOCC1OC(=O)C(C)[C@@H](C)[C@@H]1C.COCOCC1O[C@@H](Cc2ccc(CO)cc2)C(C)[C@@H](C)[C@@H]1C.COCOCC1O[C@@H](Cc2ccc(COC)cc2)C(C)[C@@H](C)[C@@H]1C.COCc1ccc(C[C@@H]2OC(C(=O)OC)[C@@H](C)[C@H](C)C2C)cc1.O=C1OC(CO)[C@@H](O)[C@H](O)C1O. The number of benzene rings is 4. The molecule has 0 amide bonds. The van der Waals surface area contributed by atoms with Crippen LogP contribution in [-0.2, 0) is 160 Å². The molecular weight excluding hydrogens is 1790 g/mol. The summed E-state index contributed by atoms with van der Waals surface area (Å²) in [6, 6.07) is 33.7. The average molecular weight is 1960 g/mol. The second-order valence-electron chi connectivity index (χ2n) is 38.0. The number of hydrogen-bond donors (Lipinski definition) is 5. The molecule has 32 atom stereocenters. The minimum atomic E-state index is -1.73. The smallest absolute Gasteiger partial charge is 0.338 e. The molecule has 7 aliphatic rings. The number of cyclic esters (lactones) is 2. The zero-order valence-corrected chi connectivity index (χ0v) is 86.5. The molecule has 7 saturated heterocycles. The van der Waals surface area contributed by atoms with Gasteiger partial charge in [-0.2, -0.15) is 0 Å². The molecular formula is C105H167BrO28. The molecule has 0 aliphatic carbocycles. The first kappa shape index (κ1) is 119. The summed E-state index contributed by atoms with van der Waals surface area (Å²) in [5, 5.41) is 45.5. The third kappa shape index (κ3) is 36.0. The number of rotatable bonds is 33. The zero-order valence-electron chi connectivity index (χ0n) is 84.9. The maximum absolute atomic E-state index is 12.0. The van der Waals surface area contributed by atoms with Crippen LogP contribution in [0.3, 0.4) is 0 Å². The van der Waals surface area contributed by atoms with Gasteiger partial charge in [0, 0.05) is 53.9 Å². The molecule has 5 N–H and O–H groups in total. The molecule has 11 rings (SSSR count). The molecule has 29 heteroatoms. The number of carbonyl (C=O) groups is 4. The standard InChI is InChI=1S/C20H32O4.C19H28O4.C19H30O4.C18H25BrO3.C12H22O3.C11H20O4.C6H10O6/c1-14-15(2)19(24-20(16(14)3)12-23-13-22-5)10-17-6-8-18(9-7-17)11-21-4;1-12-13(2)17(23-18(14(12)3)19(20)22-5)10-15-6-8-16(9-7-15)11-21-4;1-13-14(2)18(9-16-5-7-17(10-20)8-6-16)23-19(15(13)3)11-22-12-21-4;1-11-12(2)16(22-17(13(11)3)18(20)21-4)9-14-5-7-15(10-19)8-6-14;1-8-9(2)11(4)15-12(10(8)3)6-14-7-13-5;1-7-8(2)10(5-14-6-13-4)15-11(12)9(7)3;7-1-2-3(8)4(9)5(10)6(11)12-2/h6-9,14-16,19-20H,10-13H2,1-5H3;6-9,12-14,17-18H,10-11H2,1-5H3;5-8,13-15,18-20H,9-12H2,1-4H3;5-8,11-13,16-17H,9-10H2,1-4H3;8-10,12H,4,6-7H2,1-3,5H3;7-10H,5-6H2,1-4H3;2-5,7-10H,1H2/t14-,15?,16+,19+,20?;12-,13?,14+,17+,18?;13-,14?,15+,18+,19?;11-,12?,13+,16+,17?;8-,9?,10+,12?;7-,8-,9?,10?;2?,3-,4+,5?/m1111101/s1. The van der Waals surface area contributed by atoms with Crippen LogP contribution in [0.5, 0.6) is 0 Å². The van der Waals surface area contributed by atoms with Gasteiger partial charge in [-0.25, -0.2) is 14.4 Å². The van der Waals surface area contributed by atoms with Crippen LogP contribution in [0.15, 0.2) is 109 Å². The zero-order chi connectivity index (χ0) is 99.8. The van der Waals surface area contributed by atoms with Gasteiger partial charge in [0.2, 0.25) is 0 Å². The van der Waals surface area contributed by atoms with Gasteiger partial charge in [0.15, 0.2) is 24.4 Å². The number of esters is 4. The van der Waals surface area contributed by atoms with Crippen molar-refractivity contribution < 1.29 is 135 Å². The Kier molecular flexibility index (Phi) is 54.4. The summed E-state index contributed by atoms with van der Waals surface area (Å²) < 4.78 is 102. The Bertz CT molecular complexity index is 3870. The van der Waals surface area contributed by atoms with Crippen LogP contribution in [0.4, 0.5) is 0 Å². The maximum atomic E-state index is 12.0. The molecule has 134 heavy (non-hydrogen) atoms. The minimum absolute atomic E-state index is 0.0151. The van der Waals surface area contributed by atoms with Crippen LogP contribution < -0.4 is 0 Å². The Morgan fingerprint density at radius 2 is 0.604 bits per heavy atom. The van der Waals surface area contributed by atoms with Crippen molar-refractivity contribution in [2.45, 2.75) is 261 Å². The summed E-state index contributed by atoms with van der Waals surface area (Å²) >= 11 is 3.46. The van der Waals surface area contributed by atoms with Crippen LogP contribution >= 0.6 is 15.9 Å². The summed E-state index contributed by atoms with van der Waals surface area (Å²) in [6.45, 7) is 47.5. The van der Waals surface area contributed by atoms with E-state index in [4.69, 9.17) is 111 Å². The normalized spacial score (nSPS) is 33.3. The molecule has 0 aromatic heterocycles. The Labute approximate surface area is 808 Å². The summed E-state index contributed by atoms with van der Waals surface area (Å²) in [4.78, 5) is 46.1. The second kappa shape index (κ2) is 61.6. The van der Waals surface area contributed by atoms with E-state index >= 15 is 0 Å². The van der Waals surface area contributed by atoms with Crippen molar-refractivity contribution in [2.75, 3.05) is 117 Å². The number of carbonyl (C=O) groups excluding carboxylic acids is 4. The van der Waals surface area contributed by atoms with Gasteiger partial charge in [0.25, 0.3) is 0 Å². The lowest BCUT2D eigenvalue weighted by Gasteiger charge is -2.44. The average Bonchev–Trinajstić information content (AvgIpc) is 0.759. The highest BCUT2D eigenvalue weighted by Crippen LogP contribution is 2.43. The van der Waals surface area contributed by atoms with Gasteiger partial charge < -0.3 is 116 Å². The van der Waals surface area contributed by atoms with Gasteiger partial charge in [-0.05, 0) is 165 Å². The summed E-state index contributed by atoms with van der Waals surface area (Å²) in [5.41, 5.74) is 9.58. The molecule has 7 heterocycles. The number of ether oxygens (including phenoxy) is 19. The van der Waals surface area contributed by atoms with Gasteiger partial charge in [0.05, 0.1) is 115 Å². The van der Waals surface area contributed by atoms with Gasteiger partial charge in [-0.3, -0.25) is 4.79 Å². The van der Waals surface area contributed by atoms with Crippen molar-refractivity contribution in [1.82, 2.24) is 0 Å². The van der Waals surface area contributed by atoms with Gasteiger partial charge in [0.1, 0.15) is 51.6 Å². The lowest BCUT2D eigenvalue weighted by atomic mass is 9.75. The second-order valence-corrected chi connectivity index (χ2v) is 38.6. The van der Waals surface area contributed by atoms with Crippen molar-refractivity contribution in [2.24, 2.45) is 107 Å². The van der Waals surface area contributed by atoms with Crippen molar-refractivity contribution >= 4 is 39.8 Å². The molecule has 0 spiro atoms. The van der Waals surface area contributed by atoms with E-state index < -0.39 is 49.2 Å². The Morgan fingerprint density at radius 3 is 0.925 bits per heavy atom. The van der Waals surface area contributed by atoms with Crippen molar-refractivity contribution in [3.05, 3.63) is 154 Å². The topological polar surface area (TPSA) is 345 Å². The van der Waals surface area contributed by atoms with Crippen molar-refractivity contribution in [1.29, 1.82) is 0 Å². The van der Waals surface area contributed by atoms with E-state index in [1.54, 1.807) is 42.7 Å². The molecule has 762 valence electrons. The van der Waals surface area contributed by atoms with E-state index in [0.29, 0.717) is 149 Å². The Morgan fingerprint density at radius 1 is 0.321 bits per heavy atom. The fourth-order valence-electron chi connectivity index (χ4n) is 18.0. The third-order valence-electron chi connectivity index (χ3n) is 29.7. The van der Waals surface area contributed by atoms with Gasteiger partial charge in [-0.1, -0.05) is 244 Å². The molecule has 4 aromatic rings. The van der Waals surface area contributed by atoms with E-state index in [2.05, 4.69) is 230 Å². The summed E-state index contributed by atoms with van der Waals surface area (Å²) in [7, 11) is 12.7. The van der Waals surface area contributed by atoms with Crippen LogP contribution in [0.2, 0.25) is 0 Å². The first-order valence-electron chi connectivity index (χ1n) is 47.7. The lowest BCUT2D eigenvalue weighted by molar-refractivity contribution is -0.206. The third-order valence-corrected chi connectivity index (χ3v) is 30.3. The highest BCUT2D eigenvalue weighted by atomic mass is 79.9. The van der Waals surface area contributed by atoms with E-state index in [-0.39, 0.29) is 97.9 Å². The van der Waals surface area contributed by atoms with E-state index in [1.807, 2.05) is 19.1 Å². The number of aliphatic hydroxyl groups is 5. The van der Waals surface area contributed by atoms with E-state index in [1.165, 1.54) is 47.6 Å². The van der Waals surface area contributed by atoms with Gasteiger partial charge >= 0.3 is 23.9 Å². The summed E-state index contributed by atoms with van der Waals surface area (Å²) in [5.74, 6) is 6.49. The quantitative estimate of drug-likeness (QED) is 0.00972. The first-order chi connectivity index (χ1) is 63.8. The van der Waals surface area contributed by atoms with Crippen LogP contribution in [-0.4, -0.2) is 252 Å². The fourth-order valence-corrected chi connectivity index (χ4v) is 18.3. The molecule has 7 fully saturated rings. The highest BCUT2D eigenvalue weighted by molar-refractivity contribution is 9.08. The lowest BCUT2D eigenvalue weighted by Crippen LogP contribution is -2.56. The summed E-state index contributed by atoms with van der Waals surface area (Å²) in [6.07, 6.45) is -2.69. The predicted octanol–water partition coefficient (Wildman–Crippen LogP) is 14.7. The number of methoxy groups -OCH3 is 8. The van der Waals surface area contributed by atoms with Gasteiger partial charge in [-0.15, -0.1) is 0 Å². The largest absolute Gasteiger partial charge is 0.492 e. The molecule has 28 nitrogen and oxygen atoms in total. The number of alkyl halides is 1. The minimum Gasteiger partial charge on any atom is -0.492 e. The van der Waals surface area contributed by atoms with Crippen molar-refractivity contribution in [3.63, 3.8) is 0 Å². The molecule has 0 saturated carbocycles. The fraction of sp³-hybridized carbons (Fsp3) is 0.714. The van der Waals surface area contributed by atoms with Crippen LogP contribution in [0.1, 0.15) is 169 Å². The number of halogens is 1. The molecule has 0 bridgehead atoms. The molecule has 7 aliphatic heterocycles. The number of hydrogen-bond acceptors (Lipinski definition) is 28. The van der Waals surface area contributed by atoms with E-state index in [9.17, 15) is 19.2 Å². The van der Waals surface area contributed by atoms with E-state index in [0.717, 1.165) is 47.9 Å². The van der Waals surface area contributed by atoms with Crippen LogP contribution in [0.25, 0.3) is 0 Å². The highest BCUT2D eigenvalue weighted by Gasteiger charge is 2.48. The number of allylic oxidation sites excluding steroid dienone is 1. The van der Waals surface area contributed by atoms with Crippen molar-refractivity contribution in [3.8, 4) is 0 Å². The molecule has 14 unspecified atom stereocenters.